The highest BCUT2D eigenvalue weighted by Gasteiger charge is 2.32. The number of anilines is 1. The number of hydrogen-bond donors (Lipinski definition) is 2. The van der Waals surface area contributed by atoms with Crippen molar-refractivity contribution in [2.45, 2.75) is 32.2 Å². The van der Waals surface area contributed by atoms with Crippen LogP contribution in [0.25, 0.3) is 0 Å². The van der Waals surface area contributed by atoms with E-state index in [0.717, 1.165) is 103 Å². The van der Waals surface area contributed by atoms with Gasteiger partial charge in [0.25, 0.3) is 0 Å². The molecule has 39 heavy (non-hydrogen) atoms. The second kappa shape index (κ2) is 14.3. The molecule has 10 heteroatoms. The van der Waals surface area contributed by atoms with E-state index in [9.17, 15) is 9.59 Å². The molecule has 216 valence electrons. The van der Waals surface area contributed by atoms with Gasteiger partial charge in [-0.3, -0.25) is 14.5 Å². The van der Waals surface area contributed by atoms with Gasteiger partial charge in [0.15, 0.2) is 0 Å². The number of ether oxygens (including phenoxy) is 3. The van der Waals surface area contributed by atoms with Crippen molar-refractivity contribution in [3.8, 4) is 5.75 Å². The Morgan fingerprint density at radius 2 is 1.74 bits per heavy atom. The molecule has 1 aromatic carbocycles. The van der Waals surface area contributed by atoms with Crippen LogP contribution in [0.4, 0.5) is 5.69 Å². The quantitative estimate of drug-likeness (QED) is 0.551. The van der Waals surface area contributed by atoms with E-state index in [1.54, 1.807) is 0 Å². The maximum atomic E-state index is 13.1. The van der Waals surface area contributed by atoms with Crippen molar-refractivity contribution in [1.29, 1.82) is 0 Å². The minimum absolute atomic E-state index is 0.124. The van der Waals surface area contributed by atoms with Crippen LogP contribution in [-0.2, 0) is 25.6 Å². The fourth-order valence-corrected chi connectivity index (χ4v) is 6.20. The highest BCUT2D eigenvalue weighted by Crippen LogP contribution is 2.31. The van der Waals surface area contributed by atoms with Crippen molar-refractivity contribution >= 4 is 17.5 Å². The summed E-state index contributed by atoms with van der Waals surface area (Å²) < 4.78 is 17.2. The molecule has 1 aromatic rings. The topological polar surface area (TPSA) is 95.6 Å². The summed E-state index contributed by atoms with van der Waals surface area (Å²) in [5.41, 5.74) is 2.25. The molecule has 2 bridgehead atoms. The number of carbonyl (C=O) groups excluding carboxylic acids is 2. The summed E-state index contributed by atoms with van der Waals surface area (Å²) in [6.45, 7) is 11.2. The van der Waals surface area contributed by atoms with E-state index >= 15 is 0 Å². The van der Waals surface area contributed by atoms with Crippen LogP contribution in [0.2, 0.25) is 0 Å². The lowest BCUT2D eigenvalue weighted by Gasteiger charge is -2.38. The van der Waals surface area contributed by atoms with Gasteiger partial charge in [-0.15, -0.1) is 0 Å². The van der Waals surface area contributed by atoms with Crippen LogP contribution in [0.15, 0.2) is 18.2 Å². The van der Waals surface area contributed by atoms with E-state index in [0.29, 0.717) is 44.5 Å². The van der Waals surface area contributed by atoms with Crippen LogP contribution in [-0.4, -0.2) is 114 Å². The molecule has 3 saturated heterocycles. The first kappa shape index (κ1) is 28.1. The van der Waals surface area contributed by atoms with E-state index in [1.807, 2.05) is 4.90 Å². The Hall–Kier alpha value is -2.40. The number of benzene rings is 1. The Labute approximate surface area is 232 Å². The van der Waals surface area contributed by atoms with Crippen molar-refractivity contribution < 1.29 is 23.8 Å². The van der Waals surface area contributed by atoms with Crippen LogP contribution < -0.4 is 20.3 Å². The maximum Gasteiger partial charge on any atom is 0.236 e. The molecule has 2 N–H and O–H groups in total. The molecule has 5 rings (SSSR count). The monoisotopic (exact) mass is 543 g/mol. The summed E-state index contributed by atoms with van der Waals surface area (Å²) in [6.07, 6.45) is 3.25. The molecule has 0 radical (unpaired) electrons. The fourth-order valence-electron chi connectivity index (χ4n) is 6.20. The first-order chi connectivity index (χ1) is 19.2. The van der Waals surface area contributed by atoms with Gasteiger partial charge in [0.05, 0.1) is 39.6 Å². The smallest absolute Gasteiger partial charge is 0.236 e. The van der Waals surface area contributed by atoms with Gasteiger partial charge in [0.2, 0.25) is 11.8 Å². The largest absolute Gasteiger partial charge is 0.493 e. The van der Waals surface area contributed by atoms with E-state index < -0.39 is 0 Å². The normalized spacial score (nSPS) is 25.5. The van der Waals surface area contributed by atoms with Crippen LogP contribution in [0.3, 0.4) is 0 Å². The summed E-state index contributed by atoms with van der Waals surface area (Å²) in [6, 6.07) is 6.37. The number of nitrogens with one attached hydrogen (secondary N) is 2. The number of rotatable bonds is 6. The molecule has 4 aliphatic heterocycles. The van der Waals surface area contributed by atoms with Crippen LogP contribution in [0.5, 0.6) is 5.75 Å². The number of hydrogen-bond acceptors (Lipinski definition) is 8. The summed E-state index contributed by atoms with van der Waals surface area (Å²) in [4.78, 5) is 32.6. The molecule has 3 fully saturated rings. The number of morpholine rings is 2. The minimum Gasteiger partial charge on any atom is -0.493 e. The minimum atomic E-state index is 0.124. The number of fused-ring (bicyclic) bond motifs is 3. The molecule has 4 aliphatic rings. The molecule has 0 aromatic heterocycles. The van der Waals surface area contributed by atoms with Crippen molar-refractivity contribution in [2.24, 2.45) is 11.8 Å². The van der Waals surface area contributed by atoms with Gasteiger partial charge in [-0.2, -0.15) is 0 Å². The number of carbonyl (C=O) groups is 2. The van der Waals surface area contributed by atoms with Gasteiger partial charge in [-0.1, -0.05) is 0 Å². The fraction of sp³-hybridized carbons (Fsp3) is 0.724. The average Bonchev–Trinajstić information content (AvgIpc) is 2.98. The van der Waals surface area contributed by atoms with Gasteiger partial charge in [0, 0.05) is 76.6 Å². The Morgan fingerprint density at radius 1 is 0.949 bits per heavy atom. The molecule has 0 spiro atoms. The number of nitrogens with zero attached hydrogens (tertiary/aromatic N) is 3. The van der Waals surface area contributed by atoms with Gasteiger partial charge >= 0.3 is 0 Å². The zero-order valence-corrected chi connectivity index (χ0v) is 23.2. The predicted octanol–water partition coefficient (Wildman–Crippen LogP) is 1.09. The van der Waals surface area contributed by atoms with Crippen LogP contribution >= 0.6 is 0 Å². The van der Waals surface area contributed by atoms with E-state index in [2.05, 4.69) is 38.6 Å². The molecule has 2 atom stereocenters. The molecule has 0 aliphatic carbocycles. The number of amides is 2. The summed E-state index contributed by atoms with van der Waals surface area (Å²) in [7, 11) is 0. The van der Waals surface area contributed by atoms with Gasteiger partial charge in [-0.25, -0.2) is 0 Å². The second-order valence-electron chi connectivity index (χ2n) is 11.1. The standard InChI is InChI=1S/C29H45N5O5/c35-28(31-6-8-32-9-14-37-15-10-32)19-23-5-7-34-22-24(23)2-1-13-39-27-4-3-26(33-11-16-38-17-12-33)18-25(27)20-30-21-29(34)36/h3-4,18,23-24,30H,1-2,5-17,19-22H2,(H,31,35)/t23-,24-/m0/s1. The van der Waals surface area contributed by atoms with Crippen molar-refractivity contribution in [2.75, 3.05) is 96.8 Å². The lowest BCUT2D eigenvalue weighted by molar-refractivity contribution is -0.133. The lowest BCUT2D eigenvalue weighted by atomic mass is 9.80. The zero-order valence-electron chi connectivity index (χ0n) is 23.2. The van der Waals surface area contributed by atoms with Crippen LogP contribution in [0.1, 0.15) is 31.2 Å². The molecule has 0 saturated carbocycles. The summed E-state index contributed by atoms with van der Waals surface area (Å²) >= 11 is 0. The first-order valence-corrected chi connectivity index (χ1v) is 14.8. The Kier molecular flexibility index (Phi) is 10.3. The molecular formula is C29H45N5O5. The van der Waals surface area contributed by atoms with Crippen LogP contribution in [0, 0.1) is 11.8 Å². The molecule has 0 unspecified atom stereocenters. The third-order valence-electron chi connectivity index (χ3n) is 8.53. The Balaban J connectivity index is 1.16. The van der Waals surface area contributed by atoms with Crippen molar-refractivity contribution in [3.63, 3.8) is 0 Å². The molecule has 2 amide bonds. The molecule has 4 heterocycles. The second-order valence-corrected chi connectivity index (χ2v) is 11.1. The maximum absolute atomic E-state index is 13.1. The van der Waals surface area contributed by atoms with Gasteiger partial charge in [-0.05, 0) is 49.3 Å². The zero-order chi connectivity index (χ0) is 26.9. The molecular weight excluding hydrogens is 498 g/mol. The van der Waals surface area contributed by atoms with E-state index in [4.69, 9.17) is 14.2 Å². The summed E-state index contributed by atoms with van der Waals surface area (Å²) in [5, 5.41) is 6.50. The average molecular weight is 544 g/mol. The third-order valence-corrected chi connectivity index (χ3v) is 8.53. The first-order valence-electron chi connectivity index (χ1n) is 14.8. The lowest BCUT2D eigenvalue weighted by Crippen LogP contribution is -2.47. The van der Waals surface area contributed by atoms with Gasteiger partial charge in [0.1, 0.15) is 5.75 Å². The molecule has 10 nitrogen and oxygen atoms in total. The SMILES string of the molecule is O=C(C[C@@H]1CCN2C[C@@H]1CCCOc1ccc(N3CCOCC3)cc1CNCC2=O)NCCN1CCOCC1. The van der Waals surface area contributed by atoms with E-state index in [1.165, 1.54) is 5.69 Å². The van der Waals surface area contributed by atoms with Crippen molar-refractivity contribution in [3.05, 3.63) is 23.8 Å². The predicted molar refractivity (Wildman–Crippen MR) is 149 cm³/mol. The summed E-state index contributed by atoms with van der Waals surface area (Å²) in [5.74, 6) is 1.74. The highest BCUT2D eigenvalue weighted by atomic mass is 16.5. The Morgan fingerprint density at radius 3 is 2.56 bits per heavy atom. The van der Waals surface area contributed by atoms with Gasteiger partial charge < -0.3 is 34.6 Å². The Bertz CT molecular complexity index is 950. The van der Waals surface area contributed by atoms with E-state index in [-0.39, 0.29) is 11.8 Å². The third kappa shape index (κ3) is 8.06. The number of piperidine rings is 1. The highest BCUT2D eigenvalue weighted by molar-refractivity contribution is 5.78. The van der Waals surface area contributed by atoms with Crippen molar-refractivity contribution in [1.82, 2.24) is 20.4 Å².